The summed E-state index contributed by atoms with van der Waals surface area (Å²) in [5.41, 5.74) is -0.706. The Morgan fingerprint density at radius 1 is 1.30 bits per heavy atom. The second kappa shape index (κ2) is 4.85. The summed E-state index contributed by atoms with van der Waals surface area (Å²) < 4.78 is 5.87. The quantitative estimate of drug-likeness (QED) is 0.587. The van der Waals surface area contributed by atoms with Gasteiger partial charge in [0.1, 0.15) is 17.3 Å². The van der Waals surface area contributed by atoms with Gasteiger partial charge in [0, 0.05) is 6.42 Å². The van der Waals surface area contributed by atoms with Crippen molar-refractivity contribution in [3.05, 3.63) is 0 Å². The fourth-order valence-corrected chi connectivity index (χ4v) is 4.40. The van der Waals surface area contributed by atoms with E-state index in [1.807, 2.05) is 0 Å². The molecule has 3 aliphatic carbocycles. The minimum Gasteiger partial charge on any atom is -0.461 e. The fraction of sp³-hybridized carbons (Fsp3) is 0.882. The van der Waals surface area contributed by atoms with E-state index >= 15 is 0 Å². The van der Waals surface area contributed by atoms with E-state index in [0.29, 0.717) is 30.1 Å². The van der Waals surface area contributed by atoms with Crippen LogP contribution in [0.1, 0.15) is 59.3 Å². The van der Waals surface area contributed by atoms with Crippen LogP contribution in [0.5, 0.6) is 0 Å². The number of carbonyl (C=O) groups excluding carboxylic acids is 2. The Balaban J connectivity index is 1.69. The summed E-state index contributed by atoms with van der Waals surface area (Å²) in [6.07, 6.45) is 5.57. The first-order chi connectivity index (χ1) is 9.45. The molecule has 0 aromatic rings. The monoisotopic (exact) mass is 278 g/mol. The van der Waals surface area contributed by atoms with Gasteiger partial charge in [0.05, 0.1) is 0 Å². The first-order valence-corrected chi connectivity index (χ1v) is 8.19. The van der Waals surface area contributed by atoms with Crippen LogP contribution >= 0.6 is 0 Å². The third-order valence-electron chi connectivity index (χ3n) is 5.91. The highest BCUT2D eigenvalue weighted by atomic mass is 16.5. The van der Waals surface area contributed by atoms with Crippen LogP contribution < -0.4 is 0 Å². The van der Waals surface area contributed by atoms with Gasteiger partial charge in [-0.2, -0.15) is 0 Å². The van der Waals surface area contributed by atoms with Gasteiger partial charge in [-0.1, -0.05) is 27.2 Å². The standard InChI is InChI=1S/C17H26O3/c1-10(2)13-6-4-11(3)8-14(13)20-16(19)17-9-12(17)5-7-15(17)18/h10-14H,4-9H2,1-3H3/t11-,12+,13+,14-,17+/m1/s1. The van der Waals surface area contributed by atoms with E-state index < -0.39 is 5.41 Å². The number of rotatable bonds is 3. The van der Waals surface area contributed by atoms with E-state index in [2.05, 4.69) is 20.8 Å². The molecular formula is C17H26O3. The lowest BCUT2D eigenvalue weighted by Crippen LogP contribution is -2.39. The van der Waals surface area contributed by atoms with Crippen LogP contribution in [-0.2, 0) is 14.3 Å². The lowest BCUT2D eigenvalue weighted by atomic mass is 9.75. The fourth-order valence-electron chi connectivity index (χ4n) is 4.40. The Morgan fingerprint density at radius 2 is 2.05 bits per heavy atom. The normalized spacial score (nSPS) is 43.5. The Kier molecular flexibility index (Phi) is 3.42. The van der Waals surface area contributed by atoms with E-state index in [1.54, 1.807) is 0 Å². The van der Waals surface area contributed by atoms with Gasteiger partial charge in [0.2, 0.25) is 0 Å². The molecule has 5 atom stereocenters. The van der Waals surface area contributed by atoms with Crippen LogP contribution in [0.3, 0.4) is 0 Å². The number of carbonyl (C=O) groups is 2. The molecule has 0 N–H and O–H groups in total. The zero-order chi connectivity index (χ0) is 14.5. The maximum absolute atomic E-state index is 12.5. The summed E-state index contributed by atoms with van der Waals surface area (Å²) in [5, 5.41) is 0. The van der Waals surface area contributed by atoms with E-state index in [-0.39, 0.29) is 17.9 Å². The van der Waals surface area contributed by atoms with Crippen LogP contribution in [0.4, 0.5) is 0 Å². The average molecular weight is 278 g/mol. The molecule has 20 heavy (non-hydrogen) atoms. The first kappa shape index (κ1) is 14.1. The molecule has 3 aliphatic rings. The Hall–Kier alpha value is -0.860. The second-order valence-electron chi connectivity index (χ2n) is 7.60. The maximum atomic E-state index is 12.5. The summed E-state index contributed by atoms with van der Waals surface area (Å²) >= 11 is 0. The Morgan fingerprint density at radius 3 is 2.60 bits per heavy atom. The van der Waals surface area contributed by atoms with Crippen LogP contribution in [0.2, 0.25) is 0 Å². The van der Waals surface area contributed by atoms with Crippen LogP contribution in [-0.4, -0.2) is 17.9 Å². The predicted molar refractivity (Wildman–Crippen MR) is 76.0 cm³/mol. The minimum absolute atomic E-state index is 0.0234. The number of hydrogen-bond acceptors (Lipinski definition) is 3. The zero-order valence-electron chi connectivity index (χ0n) is 12.9. The van der Waals surface area contributed by atoms with Crippen molar-refractivity contribution in [2.45, 2.75) is 65.4 Å². The summed E-state index contributed by atoms with van der Waals surface area (Å²) in [6, 6.07) is 0. The Bertz CT molecular complexity index is 428. The van der Waals surface area contributed by atoms with Crippen molar-refractivity contribution >= 4 is 11.8 Å². The molecular weight excluding hydrogens is 252 g/mol. The van der Waals surface area contributed by atoms with Gasteiger partial charge < -0.3 is 4.74 Å². The largest absolute Gasteiger partial charge is 0.461 e. The molecule has 3 rings (SSSR count). The van der Waals surface area contributed by atoms with Gasteiger partial charge in [0.25, 0.3) is 0 Å². The van der Waals surface area contributed by atoms with E-state index in [0.717, 1.165) is 25.7 Å². The van der Waals surface area contributed by atoms with Crippen molar-refractivity contribution in [1.29, 1.82) is 0 Å². The van der Waals surface area contributed by atoms with Gasteiger partial charge in [-0.05, 0) is 49.4 Å². The van der Waals surface area contributed by atoms with E-state index in [4.69, 9.17) is 4.74 Å². The summed E-state index contributed by atoms with van der Waals surface area (Å²) in [7, 11) is 0. The SMILES string of the molecule is CC(C)[C@@H]1CC[C@@H](C)C[C@H]1OC(=O)[C@@]12C[C@@H]1CCC2=O. The maximum Gasteiger partial charge on any atom is 0.320 e. The molecule has 0 aromatic heterocycles. The molecule has 0 heterocycles. The third-order valence-corrected chi connectivity index (χ3v) is 5.91. The average Bonchev–Trinajstić information content (AvgIpc) is 3.04. The molecule has 0 spiro atoms. The molecule has 0 amide bonds. The molecule has 0 radical (unpaired) electrons. The topological polar surface area (TPSA) is 43.4 Å². The predicted octanol–water partition coefficient (Wildman–Crippen LogP) is 3.36. The van der Waals surface area contributed by atoms with Crippen LogP contribution in [0.25, 0.3) is 0 Å². The highest BCUT2D eigenvalue weighted by Crippen LogP contribution is 2.62. The number of ketones is 1. The van der Waals surface area contributed by atoms with Crippen molar-refractivity contribution in [2.75, 3.05) is 0 Å². The minimum atomic E-state index is -0.706. The molecule has 0 aliphatic heterocycles. The highest BCUT2D eigenvalue weighted by Gasteiger charge is 2.69. The van der Waals surface area contributed by atoms with Gasteiger partial charge in [0.15, 0.2) is 0 Å². The molecule has 3 nitrogen and oxygen atoms in total. The van der Waals surface area contributed by atoms with Crippen molar-refractivity contribution in [3.63, 3.8) is 0 Å². The number of esters is 1. The highest BCUT2D eigenvalue weighted by molar-refractivity contribution is 6.09. The van der Waals surface area contributed by atoms with Gasteiger partial charge in [-0.25, -0.2) is 0 Å². The van der Waals surface area contributed by atoms with Crippen LogP contribution in [0.15, 0.2) is 0 Å². The molecule has 3 saturated carbocycles. The van der Waals surface area contributed by atoms with Gasteiger partial charge in [-0.15, -0.1) is 0 Å². The molecule has 0 unspecified atom stereocenters. The molecule has 112 valence electrons. The lowest BCUT2D eigenvalue weighted by molar-refractivity contribution is -0.164. The number of ether oxygens (including phenoxy) is 1. The van der Waals surface area contributed by atoms with Crippen molar-refractivity contribution in [2.24, 2.45) is 29.1 Å². The van der Waals surface area contributed by atoms with Crippen molar-refractivity contribution < 1.29 is 14.3 Å². The van der Waals surface area contributed by atoms with E-state index in [9.17, 15) is 9.59 Å². The number of Topliss-reactive ketones (excluding diaryl/α,β-unsaturated/α-hetero) is 1. The summed E-state index contributed by atoms with van der Waals surface area (Å²) in [6.45, 7) is 6.65. The van der Waals surface area contributed by atoms with Gasteiger partial charge in [-0.3, -0.25) is 9.59 Å². The Labute approximate surface area is 121 Å². The second-order valence-corrected chi connectivity index (χ2v) is 7.60. The van der Waals surface area contributed by atoms with Crippen LogP contribution in [0, 0.1) is 29.1 Å². The zero-order valence-corrected chi connectivity index (χ0v) is 12.9. The molecule has 3 heteroatoms. The third kappa shape index (κ3) is 2.10. The van der Waals surface area contributed by atoms with Crippen molar-refractivity contribution in [3.8, 4) is 0 Å². The molecule has 0 aromatic carbocycles. The lowest BCUT2D eigenvalue weighted by Gasteiger charge is -2.37. The summed E-state index contributed by atoms with van der Waals surface area (Å²) in [5.74, 6) is 1.84. The molecule has 3 fully saturated rings. The molecule has 0 bridgehead atoms. The summed E-state index contributed by atoms with van der Waals surface area (Å²) in [4.78, 5) is 24.5. The first-order valence-electron chi connectivity index (χ1n) is 8.19. The number of fused-ring (bicyclic) bond motifs is 1. The van der Waals surface area contributed by atoms with E-state index in [1.165, 1.54) is 6.42 Å². The van der Waals surface area contributed by atoms with Gasteiger partial charge >= 0.3 is 5.97 Å². The molecule has 0 saturated heterocycles. The smallest absolute Gasteiger partial charge is 0.320 e. The van der Waals surface area contributed by atoms with Crippen molar-refractivity contribution in [1.82, 2.24) is 0 Å². The number of hydrogen-bond donors (Lipinski definition) is 0.